The minimum atomic E-state index is -0.194. The average Bonchev–Trinajstić information content (AvgIpc) is 3.45. The molecule has 1 fully saturated rings. The van der Waals surface area contributed by atoms with E-state index in [1.165, 1.54) is 0 Å². The molecule has 1 aliphatic rings. The zero-order valence-electron chi connectivity index (χ0n) is 18.8. The lowest BCUT2D eigenvalue weighted by Gasteiger charge is -2.19. The van der Waals surface area contributed by atoms with Gasteiger partial charge in [0.25, 0.3) is 11.8 Å². The van der Waals surface area contributed by atoms with Crippen molar-refractivity contribution in [3.05, 3.63) is 41.7 Å². The summed E-state index contributed by atoms with van der Waals surface area (Å²) in [6.45, 7) is 0. The molecule has 4 rings (SSSR count). The minimum absolute atomic E-state index is 0.0455. The van der Waals surface area contributed by atoms with E-state index in [-0.39, 0.29) is 17.9 Å². The molecule has 0 atom stereocenters. The molecule has 2 aromatic heterocycles. The van der Waals surface area contributed by atoms with Gasteiger partial charge in [0.1, 0.15) is 17.1 Å². The third-order valence-corrected chi connectivity index (χ3v) is 5.83. The van der Waals surface area contributed by atoms with Crippen LogP contribution in [-0.2, 0) is 0 Å². The summed E-state index contributed by atoms with van der Waals surface area (Å²) in [6.07, 6.45) is 6.07. The summed E-state index contributed by atoms with van der Waals surface area (Å²) >= 11 is 0. The number of fused-ring (bicyclic) bond motifs is 1. The summed E-state index contributed by atoms with van der Waals surface area (Å²) in [6, 6.07) is 7.24. The van der Waals surface area contributed by atoms with Crippen molar-refractivity contribution in [1.29, 1.82) is 0 Å². The number of aromatic nitrogens is 3. The summed E-state index contributed by atoms with van der Waals surface area (Å²) in [5.41, 5.74) is 2.51. The number of nitrogens with zero attached hydrogens (tertiary/aromatic N) is 4. The molecule has 1 saturated carbocycles. The van der Waals surface area contributed by atoms with Gasteiger partial charge in [0.05, 0.1) is 12.8 Å². The monoisotopic (exact) mass is 436 g/mol. The number of hydrogen-bond acceptors (Lipinski definition) is 6. The molecule has 9 heteroatoms. The van der Waals surface area contributed by atoms with E-state index in [9.17, 15) is 9.59 Å². The molecule has 3 aromatic rings. The summed E-state index contributed by atoms with van der Waals surface area (Å²) in [7, 11) is 6.64. The van der Waals surface area contributed by atoms with Crippen LogP contribution in [0.1, 0.15) is 52.6 Å². The second-order valence-corrected chi connectivity index (χ2v) is 8.13. The summed E-state index contributed by atoms with van der Waals surface area (Å²) in [5, 5.41) is 6.62. The largest absolute Gasteiger partial charge is 0.495 e. The van der Waals surface area contributed by atoms with E-state index >= 15 is 0 Å². The van der Waals surface area contributed by atoms with Gasteiger partial charge in [0, 0.05) is 44.3 Å². The van der Waals surface area contributed by atoms with Crippen LogP contribution in [0.5, 0.6) is 5.75 Å². The molecule has 0 spiro atoms. The van der Waals surface area contributed by atoms with Crippen molar-refractivity contribution < 1.29 is 14.3 Å². The van der Waals surface area contributed by atoms with Crippen LogP contribution in [0.4, 0.5) is 11.6 Å². The van der Waals surface area contributed by atoms with Crippen molar-refractivity contribution in [3.63, 3.8) is 0 Å². The Bertz CT molecular complexity index is 1160. The molecule has 0 saturated heterocycles. The standard InChI is InChI=1S/C23H28N6O3/c1-24-21(30)14-9-10-17(19(12-14)32-4)26-23-25-13-15-11-18(22(31)28(2)3)29(20(15)27-23)16-7-5-6-8-16/h9-13,16H,5-8H2,1-4H3,(H,24,30)(H,25,26,27). The maximum absolute atomic E-state index is 12.9. The van der Waals surface area contributed by atoms with Gasteiger partial charge in [-0.05, 0) is 37.1 Å². The van der Waals surface area contributed by atoms with E-state index in [1.807, 2.05) is 6.07 Å². The van der Waals surface area contributed by atoms with Gasteiger partial charge < -0.3 is 24.8 Å². The molecular weight excluding hydrogens is 408 g/mol. The minimum Gasteiger partial charge on any atom is -0.495 e. The van der Waals surface area contributed by atoms with Crippen molar-refractivity contribution in [3.8, 4) is 5.75 Å². The number of carbonyl (C=O) groups is 2. The second kappa shape index (κ2) is 8.86. The first-order valence-electron chi connectivity index (χ1n) is 10.7. The van der Waals surface area contributed by atoms with E-state index < -0.39 is 0 Å². The zero-order valence-corrected chi connectivity index (χ0v) is 18.8. The first-order valence-corrected chi connectivity index (χ1v) is 10.7. The third kappa shape index (κ3) is 3.98. The zero-order chi connectivity index (χ0) is 22.8. The van der Waals surface area contributed by atoms with Gasteiger partial charge in [-0.3, -0.25) is 9.59 Å². The lowest BCUT2D eigenvalue weighted by Crippen LogP contribution is -2.25. The molecule has 0 radical (unpaired) electrons. The Morgan fingerprint density at radius 2 is 1.94 bits per heavy atom. The second-order valence-electron chi connectivity index (χ2n) is 8.13. The van der Waals surface area contributed by atoms with Crippen LogP contribution in [0.15, 0.2) is 30.5 Å². The van der Waals surface area contributed by atoms with Gasteiger partial charge >= 0.3 is 0 Å². The van der Waals surface area contributed by atoms with E-state index in [4.69, 9.17) is 9.72 Å². The van der Waals surface area contributed by atoms with E-state index in [0.29, 0.717) is 28.6 Å². The lowest BCUT2D eigenvalue weighted by atomic mass is 10.1. The third-order valence-electron chi connectivity index (χ3n) is 5.83. The first kappa shape index (κ1) is 21.6. The van der Waals surface area contributed by atoms with Crippen molar-refractivity contribution in [2.45, 2.75) is 31.7 Å². The van der Waals surface area contributed by atoms with Gasteiger partial charge in [-0.15, -0.1) is 0 Å². The maximum atomic E-state index is 12.9. The number of amides is 2. The summed E-state index contributed by atoms with van der Waals surface area (Å²) < 4.78 is 7.53. The van der Waals surface area contributed by atoms with Crippen molar-refractivity contribution >= 4 is 34.5 Å². The number of anilines is 2. The van der Waals surface area contributed by atoms with Crippen LogP contribution >= 0.6 is 0 Å². The van der Waals surface area contributed by atoms with Gasteiger partial charge in [-0.25, -0.2) is 4.98 Å². The predicted molar refractivity (Wildman–Crippen MR) is 123 cm³/mol. The highest BCUT2D eigenvalue weighted by Gasteiger charge is 2.26. The van der Waals surface area contributed by atoms with Crippen molar-refractivity contribution in [2.75, 3.05) is 33.6 Å². The van der Waals surface area contributed by atoms with Crippen LogP contribution in [0.2, 0.25) is 0 Å². The number of benzene rings is 1. The fourth-order valence-electron chi connectivity index (χ4n) is 4.19. The van der Waals surface area contributed by atoms with Gasteiger partial charge in [0.15, 0.2) is 0 Å². The Balaban J connectivity index is 1.74. The fourth-order valence-corrected chi connectivity index (χ4v) is 4.19. The molecular formula is C23H28N6O3. The number of methoxy groups -OCH3 is 1. The van der Waals surface area contributed by atoms with Crippen molar-refractivity contribution in [1.82, 2.24) is 24.8 Å². The number of rotatable bonds is 6. The first-order chi connectivity index (χ1) is 15.4. The van der Waals surface area contributed by atoms with Crippen LogP contribution in [0.3, 0.4) is 0 Å². The fraction of sp³-hybridized carbons (Fsp3) is 0.391. The van der Waals surface area contributed by atoms with Crippen molar-refractivity contribution in [2.24, 2.45) is 0 Å². The van der Waals surface area contributed by atoms with Crippen LogP contribution in [0, 0.1) is 0 Å². The van der Waals surface area contributed by atoms with Gasteiger partial charge in [0.2, 0.25) is 5.95 Å². The van der Waals surface area contributed by atoms with E-state index in [1.54, 1.807) is 57.5 Å². The highest BCUT2D eigenvalue weighted by molar-refractivity contribution is 5.98. The highest BCUT2D eigenvalue weighted by Crippen LogP contribution is 2.35. The van der Waals surface area contributed by atoms with E-state index in [2.05, 4.69) is 20.2 Å². The smallest absolute Gasteiger partial charge is 0.270 e. The molecule has 0 unspecified atom stereocenters. The Labute approximate surface area is 186 Å². The van der Waals surface area contributed by atoms with Crippen LogP contribution in [-0.4, -0.2) is 59.5 Å². The summed E-state index contributed by atoms with van der Waals surface area (Å²) in [4.78, 5) is 35.6. The number of nitrogens with one attached hydrogen (secondary N) is 2. The molecule has 1 aliphatic carbocycles. The Hall–Kier alpha value is -3.62. The Kier molecular flexibility index (Phi) is 5.98. The normalized spacial score (nSPS) is 13.9. The predicted octanol–water partition coefficient (Wildman–Crippen LogP) is 3.36. The average molecular weight is 437 g/mol. The van der Waals surface area contributed by atoms with Gasteiger partial charge in [-0.2, -0.15) is 4.98 Å². The highest BCUT2D eigenvalue weighted by atomic mass is 16.5. The SMILES string of the molecule is CNC(=O)c1ccc(Nc2ncc3cc(C(=O)N(C)C)n(C4CCCC4)c3n2)c(OC)c1. The Morgan fingerprint density at radius 1 is 1.19 bits per heavy atom. The van der Waals surface area contributed by atoms with Gasteiger partial charge in [-0.1, -0.05) is 12.8 Å². The van der Waals surface area contributed by atoms with Crippen LogP contribution in [0.25, 0.3) is 11.0 Å². The topological polar surface area (TPSA) is 101 Å². The molecule has 2 heterocycles. The van der Waals surface area contributed by atoms with Crippen LogP contribution < -0.4 is 15.4 Å². The number of hydrogen-bond donors (Lipinski definition) is 2. The quantitative estimate of drug-likeness (QED) is 0.614. The molecule has 9 nitrogen and oxygen atoms in total. The Morgan fingerprint density at radius 3 is 2.59 bits per heavy atom. The molecule has 2 N–H and O–H groups in total. The maximum Gasteiger partial charge on any atom is 0.270 e. The molecule has 1 aromatic carbocycles. The molecule has 2 amide bonds. The lowest BCUT2D eigenvalue weighted by molar-refractivity contribution is 0.0815. The number of carbonyl (C=O) groups excluding carboxylic acids is 2. The molecule has 168 valence electrons. The van der Waals surface area contributed by atoms with E-state index in [0.717, 1.165) is 36.7 Å². The molecule has 0 aliphatic heterocycles. The molecule has 32 heavy (non-hydrogen) atoms. The summed E-state index contributed by atoms with van der Waals surface area (Å²) in [5.74, 6) is 0.657. The molecule has 0 bridgehead atoms. The number of ether oxygens (including phenoxy) is 1.